The van der Waals surface area contributed by atoms with Gasteiger partial charge in [-0.3, -0.25) is 0 Å². The van der Waals surface area contributed by atoms with Gasteiger partial charge in [-0.1, -0.05) is 33.8 Å². The highest BCUT2D eigenvalue weighted by atomic mass is 16.3. The Morgan fingerprint density at radius 3 is 2.29 bits per heavy atom. The normalized spacial score (nSPS) is 45.8. The van der Waals surface area contributed by atoms with E-state index in [0.717, 1.165) is 11.8 Å². The van der Waals surface area contributed by atoms with Crippen LogP contribution in [0.25, 0.3) is 0 Å². The summed E-state index contributed by atoms with van der Waals surface area (Å²) in [4.78, 5) is 0. The van der Waals surface area contributed by atoms with Crippen molar-refractivity contribution in [1.29, 1.82) is 0 Å². The summed E-state index contributed by atoms with van der Waals surface area (Å²) in [5.41, 5.74) is 1.72. The van der Waals surface area contributed by atoms with Gasteiger partial charge in [-0.05, 0) is 60.8 Å². The third-order valence-electron chi connectivity index (χ3n) is 5.07. The average Bonchev–Trinajstić information content (AvgIpc) is 2.48. The van der Waals surface area contributed by atoms with Crippen LogP contribution in [0.5, 0.6) is 0 Å². The van der Waals surface area contributed by atoms with Gasteiger partial charge in [0.25, 0.3) is 0 Å². The van der Waals surface area contributed by atoms with Crippen molar-refractivity contribution in [2.24, 2.45) is 29.1 Å². The maximum Gasteiger partial charge on any atom is 0.0773 e. The van der Waals surface area contributed by atoms with Crippen LogP contribution in [0.4, 0.5) is 0 Å². The van der Waals surface area contributed by atoms with Gasteiger partial charge < -0.3 is 5.11 Å². The first-order valence-electron chi connectivity index (χ1n) is 7.16. The molecule has 0 spiro atoms. The van der Waals surface area contributed by atoms with Crippen LogP contribution in [0.3, 0.4) is 0 Å². The van der Waals surface area contributed by atoms with E-state index < -0.39 is 0 Å². The van der Waals surface area contributed by atoms with Crippen molar-refractivity contribution in [2.75, 3.05) is 0 Å². The summed E-state index contributed by atoms with van der Waals surface area (Å²) in [6.45, 7) is 11.5. The van der Waals surface area contributed by atoms with Crippen molar-refractivity contribution in [3.05, 3.63) is 11.6 Å². The number of hydrogen-bond donors (Lipinski definition) is 1. The summed E-state index contributed by atoms with van der Waals surface area (Å²) >= 11 is 0. The number of aliphatic hydroxyl groups is 1. The van der Waals surface area contributed by atoms with Crippen molar-refractivity contribution < 1.29 is 5.11 Å². The standard InChI is InChI=1S/C16H28O/c1-10-6-13(7-11(2)15(10)17)14-9-16(4,5)8-12(14)3/h6,11-15,17H,7-9H2,1-5H3. The number of aliphatic hydroxyl groups excluding tert-OH is 1. The summed E-state index contributed by atoms with van der Waals surface area (Å²) in [6.07, 6.45) is 6.05. The molecule has 1 N–H and O–H groups in total. The Balaban J connectivity index is 2.14. The third-order valence-corrected chi connectivity index (χ3v) is 5.07. The molecule has 1 nitrogen and oxygen atoms in total. The fourth-order valence-corrected chi connectivity index (χ4v) is 4.33. The molecule has 0 radical (unpaired) electrons. The van der Waals surface area contributed by atoms with E-state index >= 15 is 0 Å². The summed E-state index contributed by atoms with van der Waals surface area (Å²) in [7, 11) is 0. The molecule has 0 aromatic rings. The summed E-state index contributed by atoms with van der Waals surface area (Å²) in [5.74, 6) is 2.79. The molecule has 1 fully saturated rings. The Morgan fingerprint density at radius 1 is 1.18 bits per heavy atom. The van der Waals surface area contributed by atoms with Gasteiger partial charge in [-0.15, -0.1) is 0 Å². The van der Waals surface area contributed by atoms with E-state index in [1.165, 1.54) is 24.8 Å². The Labute approximate surface area is 106 Å². The third kappa shape index (κ3) is 2.59. The van der Waals surface area contributed by atoms with Crippen LogP contribution >= 0.6 is 0 Å². The molecule has 1 saturated carbocycles. The Hall–Kier alpha value is -0.300. The second kappa shape index (κ2) is 4.42. The van der Waals surface area contributed by atoms with Crippen LogP contribution in [0.2, 0.25) is 0 Å². The zero-order chi connectivity index (χ0) is 12.8. The number of allylic oxidation sites excluding steroid dienone is 1. The second-order valence-electron chi connectivity index (χ2n) is 7.45. The molecule has 0 amide bonds. The van der Waals surface area contributed by atoms with Gasteiger partial charge in [-0.25, -0.2) is 0 Å². The molecule has 0 bridgehead atoms. The molecular weight excluding hydrogens is 208 g/mol. The highest BCUT2D eigenvalue weighted by molar-refractivity contribution is 5.14. The molecule has 2 aliphatic carbocycles. The maximum atomic E-state index is 10.0. The quantitative estimate of drug-likeness (QED) is 0.682. The van der Waals surface area contributed by atoms with Crippen molar-refractivity contribution in [1.82, 2.24) is 0 Å². The Bertz CT molecular complexity index is 315. The van der Waals surface area contributed by atoms with Crippen molar-refractivity contribution >= 4 is 0 Å². The molecule has 0 heterocycles. The van der Waals surface area contributed by atoms with Gasteiger partial charge in [0, 0.05) is 0 Å². The predicted octanol–water partition coefficient (Wildman–Crippen LogP) is 4.02. The zero-order valence-electron chi connectivity index (χ0n) is 12.0. The summed E-state index contributed by atoms with van der Waals surface area (Å²) in [5, 5.41) is 10.0. The predicted molar refractivity (Wildman–Crippen MR) is 72.7 cm³/mol. The Morgan fingerprint density at radius 2 is 1.82 bits per heavy atom. The zero-order valence-corrected chi connectivity index (χ0v) is 12.0. The van der Waals surface area contributed by atoms with Gasteiger partial charge in [0.15, 0.2) is 0 Å². The molecule has 5 unspecified atom stereocenters. The van der Waals surface area contributed by atoms with E-state index in [0.29, 0.717) is 17.3 Å². The lowest BCUT2D eigenvalue weighted by molar-refractivity contribution is 0.111. The number of rotatable bonds is 1. The van der Waals surface area contributed by atoms with E-state index in [4.69, 9.17) is 0 Å². The molecule has 0 aromatic carbocycles. The highest BCUT2D eigenvalue weighted by Gasteiger charge is 2.41. The topological polar surface area (TPSA) is 20.2 Å². The summed E-state index contributed by atoms with van der Waals surface area (Å²) in [6, 6.07) is 0. The van der Waals surface area contributed by atoms with Gasteiger partial charge in [-0.2, -0.15) is 0 Å². The van der Waals surface area contributed by atoms with E-state index in [-0.39, 0.29) is 6.10 Å². The number of hydrogen-bond acceptors (Lipinski definition) is 1. The minimum Gasteiger partial charge on any atom is -0.388 e. The first-order valence-corrected chi connectivity index (χ1v) is 7.16. The van der Waals surface area contributed by atoms with Crippen LogP contribution in [0.1, 0.15) is 53.9 Å². The van der Waals surface area contributed by atoms with Gasteiger partial charge in [0.05, 0.1) is 6.10 Å². The van der Waals surface area contributed by atoms with Gasteiger partial charge >= 0.3 is 0 Å². The lowest BCUT2D eigenvalue weighted by Gasteiger charge is -2.34. The summed E-state index contributed by atoms with van der Waals surface area (Å²) < 4.78 is 0. The molecule has 0 saturated heterocycles. The fraction of sp³-hybridized carbons (Fsp3) is 0.875. The molecule has 5 atom stereocenters. The lowest BCUT2D eigenvalue weighted by atomic mass is 9.73. The van der Waals surface area contributed by atoms with Gasteiger partial charge in [0.1, 0.15) is 0 Å². The molecule has 0 aliphatic heterocycles. The molecule has 2 aliphatic rings. The van der Waals surface area contributed by atoms with Crippen LogP contribution in [-0.4, -0.2) is 11.2 Å². The van der Waals surface area contributed by atoms with E-state index in [2.05, 4.69) is 40.7 Å². The van der Waals surface area contributed by atoms with Crippen LogP contribution in [-0.2, 0) is 0 Å². The van der Waals surface area contributed by atoms with Crippen LogP contribution in [0, 0.1) is 29.1 Å². The van der Waals surface area contributed by atoms with Crippen LogP contribution in [0.15, 0.2) is 11.6 Å². The largest absolute Gasteiger partial charge is 0.388 e. The average molecular weight is 236 g/mol. The monoisotopic (exact) mass is 236 g/mol. The smallest absolute Gasteiger partial charge is 0.0773 e. The molecule has 1 heteroatoms. The van der Waals surface area contributed by atoms with Crippen molar-refractivity contribution in [3.63, 3.8) is 0 Å². The van der Waals surface area contributed by atoms with E-state index in [1.807, 2.05) is 0 Å². The second-order valence-corrected chi connectivity index (χ2v) is 7.45. The minimum absolute atomic E-state index is 0.198. The highest BCUT2D eigenvalue weighted by Crippen LogP contribution is 2.50. The van der Waals surface area contributed by atoms with E-state index in [9.17, 15) is 5.11 Å². The molecule has 0 aromatic heterocycles. The molecule has 2 rings (SSSR count). The SMILES string of the molecule is CC1=CC(C2CC(C)(C)CC2C)CC(C)C1O. The van der Waals surface area contributed by atoms with Crippen molar-refractivity contribution in [3.8, 4) is 0 Å². The van der Waals surface area contributed by atoms with E-state index in [1.54, 1.807) is 0 Å². The lowest BCUT2D eigenvalue weighted by Crippen LogP contribution is -2.30. The first-order chi connectivity index (χ1) is 7.80. The first kappa shape index (κ1) is 13.1. The Kier molecular flexibility index (Phi) is 3.42. The minimum atomic E-state index is -0.198. The maximum absolute atomic E-state index is 10.0. The van der Waals surface area contributed by atoms with Crippen molar-refractivity contribution in [2.45, 2.75) is 60.0 Å². The molecule has 98 valence electrons. The molecular formula is C16H28O. The van der Waals surface area contributed by atoms with Gasteiger partial charge in [0.2, 0.25) is 0 Å². The molecule has 17 heavy (non-hydrogen) atoms. The van der Waals surface area contributed by atoms with Crippen LogP contribution < -0.4 is 0 Å². The fourth-order valence-electron chi connectivity index (χ4n) is 4.33.